The third kappa shape index (κ3) is 5.79. The Morgan fingerprint density at radius 2 is 1.91 bits per heavy atom. The highest BCUT2D eigenvalue weighted by molar-refractivity contribution is 7.99. The van der Waals surface area contributed by atoms with E-state index in [1.165, 1.54) is 16.8 Å². The number of hydrogen-bond donors (Lipinski definition) is 2. The first-order chi connectivity index (χ1) is 15.5. The number of nitrogen functional groups attached to an aromatic ring is 1. The van der Waals surface area contributed by atoms with Crippen molar-refractivity contribution in [1.29, 1.82) is 0 Å². The van der Waals surface area contributed by atoms with Crippen LogP contribution in [0.1, 0.15) is 24.2 Å². The first-order valence-corrected chi connectivity index (χ1v) is 10.4. The molecule has 0 spiro atoms. The Labute approximate surface area is 187 Å². The molecule has 33 heavy (non-hydrogen) atoms. The van der Waals surface area contributed by atoms with E-state index < -0.39 is 29.1 Å². The molecule has 2 aromatic heterocycles. The van der Waals surface area contributed by atoms with E-state index in [9.17, 15) is 27.6 Å². The van der Waals surface area contributed by atoms with Crippen molar-refractivity contribution in [2.24, 2.45) is 5.92 Å². The molecule has 1 aromatic carbocycles. The molecule has 3 rings (SSSR count). The number of nitrogens with two attached hydrogens (primary N) is 1. The van der Waals surface area contributed by atoms with E-state index in [1.54, 1.807) is 0 Å². The normalized spacial score (nSPS) is 11.7. The van der Waals surface area contributed by atoms with E-state index >= 15 is 0 Å². The number of thioether (sulfide) groups is 1. The van der Waals surface area contributed by atoms with Gasteiger partial charge in [0.2, 0.25) is 5.16 Å². The van der Waals surface area contributed by atoms with Gasteiger partial charge in [0, 0.05) is 6.54 Å². The number of Topliss-reactive ketones (excluding diaryl/α,β-unsaturated/α-hetero) is 1. The number of ketones is 1. The van der Waals surface area contributed by atoms with Gasteiger partial charge in [0.1, 0.15) is 17.1 Å². The number of aromatic amines is 1. The van der Waals surface area contributed by atoms with Crippen molar-refractivity contribution >= 4 is 23.4 Å². The molecule has 0 aliphatic carbocycles. The average molecular weight is 485 g/mol. The van der Waals surface area contributed by atoms with Gasteiger partial charge in [-0.2, -0.15) is 4.68 Å². The minimum Gasteiger partial charge on any atom is -0.406 e. The Kier molecular flexibility index (Phi) is 6.90. The third-order valence-corrected chi connectivity index (χ3v) is 5.07. The Bertz CT molecular complexity index is 1270. The summed E-state index contributed by atoms with van der Waals surface area (Å²) in [5, 5.41) is 11.2. The summed E-state index contributed by atoms with van der Waals surface area (Å²) in [6, 6.07) is 4.77. The number of carbonyl (C=O) groups excluding carboxylic acids is 1. The maximum atomic E-state index is 12.7. The van der Waals surface area contributed by atoms with Crippen LogP contribution < -0.4 is 21.7 Å². The van der Waals surface area contributed by atoms with Crippen LogP contribution in [0.3, 0.4) is 0 Å². The van der Waals surface area contributed by atoms with Crippen LogP contribution in [0.4, 0.5) is 19.0 Å². The zero-order chi connectivity index (χ0) is 24.3. The molecule has 176 valence electrons. The zero-order valence-corrected chi connectivity index (χ0v) is 18.1. The molecule has 0 saturated carbocycles. The lowest BCUT2D eigenvalue weighted by Gasteiger charge is -2.13. The average Bonchev–Trinajstić information content (AvgIpc) is 3.17. The van der Waals surface area contributed by atoms with Crippen LogP contribution in [0.25, 0.3) is 5.69 Å². The smallest absolute Gasteiger partial charge is 0.406 e. The number of H-pyrrole nitrogens is 1. The zero-order valence-electron chi connectivity index (χ0n) is 17.3. The van der Waals surface area contributed by atoms with Crippen molar-refractivity contribution in [3.05, 3.63) is 50.7 Å². The summed E-state index contributed by atoms with van der Waals surface area (Å²) in [5.41, 5.74) is 4.29. The van der Waals surface area contributed by atoms with E-state index in [-0.39, 0.29) is 34.8 Å². The molecule has 0 fully saturated rings. The second-order valence-electron chi connectivity index (χ2n) is 7.15. The Hall–Kier alpha value is -3.62. The molecule has 0 bridgehead atoms. The van der Waals surface area contributed by atoms with Crippen LogP contribution in [0.5, 0.6) is 5.75 Å². The molecule has 0 aliphatic heterocycles. The number of tetrazole rings is 1. The molecule has 0 saturated heterocycles. The molecule has 3 N–H and O–H groups in total. The number of ether oxygens (including phenoxy) is 1. The van der Waals surface area contributed by atoms with Crippen molar-refractivity contribution in [3.8, 4) is 11.4 Å². The van der Waals surface area contributed by atoms with Gasteiger partial charge in [0.25, 0.3) is 5.56 Å². The molecule has 2 heterocycles. The molecule has 0 atom stereocenters. The van der Waals surface area contributed by atoms with Crippen molar-refractivity contribution in [3.63, 3.8) is 0 Å². The topological polar surface area (TPSA) is 151 Å². The predicted molar refractivity (Wildman–Crippen MR) is 111 cm³/mol. The van der Waals surface area contributed by atoms with Crippen LogP contribution in [-0.2, 0) is 6.54 Å². The minimum absolute atomic E-state index is 0.0331. The lowest BCUT2D eigenvalue weighted by Crippen LogP contribution is -2.37. The van der Waals surface area contributed by atoms with Gasteiger partial charge < -0.3 is 10.5 Å². The van der Waals surface area contributed by atoms with Crippen molar-refractivity contribution in [2.45, 2.75) is 31.9 Å². The van der Waals surface area contributed by atoms with Gasteiger partial charge in [-0.15, -0.1) is 18.3 Å². The first kappa shape index (κ1) is 24.0. The van der Waals surface area contributed by atoms with E-state index in [0.717, 1.165) is 28.5 Å². The number of alkyl halides is 3. The van der Waals surface area contributed by atoms with Crippen molar-refractivity contribution in [1.82, 2.24) is 29.8 Å². The number of nitrogens with one attached hydrogen (secondary N) is 1. The van der Waals surface area contributed by atoms with Crippen LogP contribution in [-0.4, -0.2) is 47.7 Å². The second kappa shape index (κ2) is 9.48. The molecule has 0 aliphatic rings. The lowest BCUT2D eigenvalue weighted by atomic mass is 10.2. The number of halogens is 3. The van der Waals surface area contributed by atoms with E-state index in [2.05, 4.69) is 25.2 Å². The highest BCUT2D eigenvalue weighted by atomic mass is 32.2. The SMILES string of the molecule is CC(C)Cn1c(N)c(C(=O)CSc2nnnn2-c2ccc(OC(F)(F)F)cc2)c(=O)[nH]c1=O. The van der Waals surface area contributed by atoms with Gasteiger partial charge in [-0.1, -0.05) is 25.6 Å². The summed E-state index contributed by atoms with van der Waals surface area (Å²) < 4.78 is 43.1. The number of aromatic nitrogens is 6. The van der Waals surface area contributed by atoms with Gasteiger partial charge in [0.05, 0.1) is 11.4 Å². The standard InChI is InChI=1S/C18H18F3N7O4S/c1-9(2)7-27-14(22)13(15(30)23-16(27)31)12(29)8-33-17-24-25-26-28(17)10-3-5-11(6-4-10)32-18(19,20)21/h3-6,9H,7-8,22H2,1-2H3,(H,23,30,31). The molecule has 15 heteroatoms. The monoisotopic (exact) mass is 485 g/mol. The summed E-state index contributed by atoms with van der Waals surface area (Å²) in [6.07, 6.45) is -4.82. The Morgan fingerprint density at radius 1 is 1.24 bits per heavy atom. The fourth-order valence-electron chi connectivity index (χ4n) is 2.83. The summed E-state index contributed by atoms with van der Waals surface area (Å²) in [4.78, 5) is 39.0. The highest BCUT2D eigenvalue weighted by Crippen LogP contribution is 2.25. The van der Waals surface area contributed by atoms with Crippen LogP contribution in [0, 0.1) is 5.92 Å². The number of benzene rings is 1. The maximum absolute atomic E-state index is 12.7. The molecule has 0 radical (unpaired) electrons. The van der Waals surface area contributed by atoms with E-state index in [4.69, 9.17) is 5.73 Å². The number of rotatable bonds is 8. The summed E-state index contributed by atoms with van der Waals surface area (Å²) in [6.45, 7) is 3.90. The largest absolute Gasteiger partial charge is 0.573 e. The highest BCUT2D eigenvalue weighted by Gasteiger charge is 2.31. The molecule has 0 unspecified atom stereocenters. The lowest BCUT2D eigenvalue weighted by molar-refractivity contribution is -0.274. The number of carbonyl (C=O) groups is 1. The summed E-state index contributed by atoms with van der Waals surface area (Å²) in [7, 11) is 0. The quantitative estimate of drug-likeness (QED) is 0.358. The number of anilines is 1. The van der Waals surface area contributed by atoms with Gasteiger partial charge in [-0.3, -0.25) is 19.1 Å². The fourth-order valence-corrected chi connectivity index (χ4v) is 3.59. The Morgan fingerprint density at radius 3 is 2.52 bits per heavy atom. The maximum Gasteiger partial charge on any atom is 0.573 e. The molecular weight excluding hydrogens is 467 g/mol. The van der Waals surface area contributed by atoms with Crippen LogP contribution in [0.15, 0.2) is 39.0 Å². The molecule has 3 aromatic rings. The number of hydrogen-bond acceptors (Lipinski definition) is 9. The molecular formula is C18H18F3N7O4S. The van der Waals surface area contributed by atoms with E-state index in [0.29, 0.717) is 5.69 Å². The van der Waals surface area contributed by atoms with Crippen molar-refractivity contribution in [2.75, 3.05) is 11.5 Å². The van der Waals surface area contributed by atoms with Crippen molar-refractivity contribution < 1.29 is 22.7 Å². The Balaban J connectivity index is 1.79. The van der Waals surface area contributed by atoms with E-state index in [1.807, 2.05) is 13.8 Å². The van der Waals surface area contributed by atoms with Gasteiger partial charge in [-0.05, 0) is 40.6 Å². The van der Waals surface area contributed by atoms with Gasteiger partial charge >= 0.3 is 12.1 Å². The minimum atomic E-state index is -4.82. The van der Waals surface area contributed by atoms with Crippen LogP contribution >= 0.6 is 11.8 Å². The van der Waals surface area contributed by atoms with Crippen LogP contribution in [0.2, 0.25) is 0 Å². The summed E-state index contributed by atoms with van der Waals surface area (Å²) >= 11 is 0.877. The molecule has 0 amide bonds. The summed E-state index contributed by atoms with van der Waals surface area (Å²) in [5.74, 6) is -1.56. The fraction of sp³-hybridized carbons (Fsp3) is 0.333. The number of nitrogens with zero attached hydrogens (tertiary/aromatic N) is 5. The first-order valence-electron chi connectivity index (χ1n) is 9.39. The second-order valence-corrected chi connectivity index (χ2v) is 8.09. The third-order valence-electron chi connectivity index (χ3n) is 4.15. The van der Waals surface area contributed by atoms with Gasteiger partial charge in [0.15, 0.2) is 5.78 Å². The van der Waals surface area contributed by atoms with Gasteiger partial charge in [-0.25, -0.2) is 4.79 Å². The predicted octanol–water partition coefficient (Wildman–Crippen LogP) is 1.62. The molecule has 11 nitrogen and oxygen atoms in total.